The number of hydrogen-bond donors (Lipinski definition) is 2. The summed E-state index contributed by atoms with van der Waals surface area (Å²) in [4.78, 5) is 14.2. The summed E-state index contributed by atoms with van der Waals surface area (Å²) in [7, 11) is 0. The van der Waals surface area contributed by atoms with E-state index in [1.165, 1.54) is 18.5 Å². The molecule has 0 aliphatic rings. The molecule has 1 rings (SSSR count). The number of hydrazine groups is 1. The van der Waals surface area contributed by atoms with Crippen LogP contribution in [0.25, 0.3) is 0 Å². The zero-order valence-corrected chi connectivity index (χ0v) is 7.52. The molecule has 1 amide bonds. The molecule has 1 aromatic heterocycles. The van der Waals surface area contributed by atoms with Gasteiger partial charge in [-0.1, -0.05) is 0 Å². The van der Waals surface area contributed by atoms with E-state index in [0.29, 0.717) is 15.2 Å². The number of aromatic nitrogens is 1. The number of anilines is 1. The second-order valence-electron chi connectivity index (χ2n) is 1.98. The van der Waals surface area contributed by atoms with Gasteiger partial charge in [0, 0.05) is 12.4 Å². The van der Waals surface area contributed by atoms with Crippen LogP contribution in [0.15, 0.2) is 22.9 Å². The van der Waals surface area contributed by atoms with Gasteiger partial charge < -0.3 is 5.11 Å². The standard InChI is InChI=1S/C6H6BrN3O2/c7-4-3-9-2-1-5(4)10(8)6(11)12/h1-3H,8H2,(H,11,12). The lowest BCUT2D eigenvalue weighted by Crippen LogP contribution is -2.36. The van der Waals surface area contributed by atoms with Crippen molar-refractivity contribution < 1.29 is 9.90 Å². The Hall–Kier alpha value is -1.14. The van der Waals surface area contributed by atoms with Crippen molar-refractivity contribution in [1.82, 2.24) is 4.98 Å². The Morgan fingerprint density at radius 1 is 1.75 bits per heavy atom. The van der Waals surface area contributed by atoms with Gasteiger partial charge in [0.15, 0.2) is 0 Å². The first-order chi connectivity index (χ1) is 5.63. The van der Waals surface area contributed by atoms with Crippen molar-refractivity contribution in [2.45, 2.75) is 0 Å². The predicted molar refractivity (Wildman–Crippen MR) is 46.6 cm³/mol. The highest BCUT2D eigenvalue weighted by Gasteiger charge is 2.11. The molecule has 0 aromatic carbocycles. The van der Waals surface area contributed by atoms with Gasteiger partial charge in [0.25, 0.3) is 0 Å². The average molecular weight is 232 g/mol. The number of nitrogens with two attached hydrogens (primary N) is 1. The van der Waals surface area contributed by atoms with Crippen LogP contribution in [0.4, 0.5) is 10.5 Å². The van der Waals surface area contributed by atoms with E-state index in [0.717, 1.165) is 0 Å². The van der Waals surface area contributed by atoms with Crippen molar-refractivity contribution in [2.24, 2.45) is 5.84 Å². The van der Waals surface area contributed by atoms with Crippen molar-refractivity contribution in [3.8, 4) is 0 Å². The van der Waals surface area contributed by atoms with Gasteiger partial charge in [0.2, 0.25) is 0 Å². The van der Waals surface area contributed by atoms with Crippen LogP contribution in [-0.2, 0) is 0 Å². The lowest BCUT2D eigenvalue weighted by molar-refractivity contribution is 0.202. The molecule has 6 heteroatoms. The van der Waals surface area contributed by atoms with E-state index in [1.807, 2.05) is 0 Å². The molecule has 0 fully saturated rings. The summed E-state index contributed by atoms with van der Waals surface area (Å²) in [5.74, 6) is 5.21. The molecule has 0 saturated heterocycles. The zero-order valence-electron chi connectivity index (χ0n) is 5.94. The van der Waals surface area contributed by atoms with Crippen molar-refractivity contribution in [1.29, 1.82) is 0 Å². The maximum atomic E-state index is 10.4. The number of carbonyl (C=O) groups is 1. The van der Waals surface area contributed by atoms with Crippen molar-refractivity contribution >= 4 is 27.7 Å². The van der Waals surface area contributed by atoms with Gasteiger partial charge in [-0.3, -0.25) is 4.98 Å². The van der Waals surface area contributed by atoms with Crippen LogP contribution in [0.2, 0.25) is 0 Å². The smallest absolute Gasteiger partial charge is 0.426 e. The molecular formula is C6H6BrN3O2. The second-order valence-corrected chi connectivity index (χ2v) is 2.83. The summed E-state index contributed by atoms with van der Waals surface area (Å²) in [6.07, 6.45) is 1.71. The van der Waals surface area contributed by atoms with E-state index >= 15 is 0 Å². The van der Waals surface area contributed by atoms with Gasteiger partial charge in [-0.2, -0.15) is 0 Å². The summed E-state index contributed by atoms with van der Waals surface area (Å²) >= 11 is 3.12. The number of hydrogen-bond acceptors (Lipinski definition) is 3. The summed E-state index contributed by atoms with van der Waals surface area (Å²) in [6, 6.07) is 1.50. The number of halogens is 1. The largest absolute Gasteiger partial charge is 0.464 e. The third kappa shape index (κ3) is 1.72. The third-order valence-electron chi connectivity index (χ3n) is 1.22. The highest BCUT2D eigenvalue weighted by atomic mass is 79.9. The van der Waals surface area contributed by atoms with Crippen LogP contribution in [0.1, 0.15) is 0 Å². The van der Waals surface area contributed by atoms with Gasteiger partial charge in [-0.25, -0.2) is 15.6 Å². The van der Waals surface area contributed by atoms with Crippen LogP contribution in [-0.4, -0.2) is 16.2 Å². The van der Waals surface area contributed by atoms with Crippen molar-refractivity contribution in [3.63, 3.8) is 0 Å². The van der Waals surface area contributed by atoms with E-state index in [1.54, 1.807) is 0 Å². The summed E-state index contributed by atoms with van der Waals surface area (Å²) in [5.41, 5.74) is 0.359. The van der Waals surface area contributed by atoms with Crippen LogP contribution in [0.5, 0.6) is 0 Å². The number of nitrogens with zero attached hydrogens (tertiary/aromatic N) is 2. The fraction of sp³-hybridized carbons (Fsp3) is 0. The molecule has 0 unspecified atom stereocenters. The van der Waals surface area contributed by atoms with Crippen LogP contribution >= 0.6 is 15.9 Å². The highest BCUT2D eigenvalue weighted by molar-refractivity contribution is 9.10. The summed E-state index contributed by atoms with van der Waals surface area (Å²) in [6.45, 7) is 0. The molecule has 0 aliphatic carbocycles. The third-order valence-corrected chi connectivity index (χ3v) is 1.83. The van der Waals surface area contributed by atoms with Crippen LogP contribution in [0, 0.1) is 0 Å². The van der Waals surface area contributed by atoms with Gasteiger partial charge in [-0.15, -0.1) is 0 Å². The molecule has 12 heavy (non-hydrogen) atoms. The minimum Gasteiger partial charge on any atom is -0.464 e. The Bertz CT molecular complexity index is 305. The molecule has 5 nitrogen and oxygen atoms in total. The van der Waals surface area contributed by atoms with Gasteiger partial charge in [-0.05, 0) is 22.0 Å². The normalized spacial score (nSPS) is 9.50. The SMILES string of the molecule is NN(C(=O)O)c1ccncc1Br. The predicted octanol–water partition coefficient (Wildman–Crippen LogP) is 1.20. The Labute approximate surface area is 76.9 Å². The van der Waals surface area contributed by atoms with Crippen LogP contribution < -0.4 is 10.9 Å². The molecule has 0 radical (unpaired) electrons. The Kier molecular flexibility index (Phi) is 2.61. The molecule has 3 N–H and O–H groups in total. The summed E-state index contributed by atoms with van der Waals surface area (Å²) < 4.78 is 0.537. The second kappa shape index (κ2) is 3.51. The van der Waals surface area contributed by atoms with E-state index in [2.05, 4.69) is 20.9 Å². The quantitative estimate of drug-likeness (QED) is 0.433. The number of rotatable bonds is 1. The Balaban J connectivity index is 3.02. The van der Waals surface area contributed by atoms with E-state index in [4.69, 9.17) is 10.9 Å². The van der Waals surface area contributed by atoms with Crippen molar-refractivity contribution in [3.05, 3.63) is 22.9 Å². The monoisotopic (exact) mass is 231 g/mol. The molecule has 0 saturated carbocycles. The molecule has 0 aliphatic heterocycles. The Morgan fingerprint density at radius 2 is 2.42 bits per heavy atom. The highest BCUT2D eigenvalue weighted by Crippen LogP contribution is 2.22. The molecule has 1 aromatic rings. The van der Waals surface area contributed by atoms with E-state index in [-0.39, 0.29) is 0 Å². The van der Waals surface area contributed by atoms with Crippen LogP contribution in [0.3, 0.4) is 0 Å². The topological polar surface area (TPSA) is 79.5 Å². The first-order valence-corrected chi connectivity index (χ1v) is 3.79. The van der Waals surface area contributed by atoms with Gasteiger partial charge >= 0.3 is 6.09 Å². The van der Waals surface area contributed by atoms with E-state index in [9.17, 15) is 4.79 Å². The Morgan fingerprint density at radius 3 is 2.92 bits per heavy atom. The zero-order chi connectivity index (χ0) is 9.14. The molecule has 0 atom stereocenters. The number of amides is 1. The minimum atomic E-state index is -1.22. The molecule has 1 heterocycles. The molecule has 64 valence electrons. The maximum absolute atomic E-state index is 10.4. The van der Waals surface area contributed by atoms with Crippen molar-refractivity contribution in [2.75, 3.05) is 5.01 Å². The maximum Gasteiger partial charge on any atom is 0.426 e. The lowest BCUT2D eigenvalue weighted by Gasteiger charge is -2.12. The van der Waals surface area contributed by atoms with Gasteiger partial charge in [0.05, 0.1) is 10.2 Å². The molecule has 0 spiro atoms. The molecule has 0 bridgehead atoms. The number of carboxylic acid groups (broad SMARTS) is 1. The minimum absolute atomic E-state index is 0.359. The fourth-order valence-electron chi connectivity index (χ4n) is 0.666. The first kappa shape index (κ1) is 8.95. The summed E-state index contributed by atoms with van der Waals surface area (Å²) in [5, 5.41) is 9.14. The lowest BCUT2D eigenvalue weighted by atomic mass is 10.4. The molecular weight excluding hydrogens is 226 g/mol. The first-order valence-electron chi connectivity index (χ1n) is 3.00. The fourth-order valence-corrected chi connectivity index (χ4v) is 1.11. The van der Waals surface area contributed by atoms with Gasteiger partial charge in [0.1, 0.15) is 0 Å². The number of pyridine rings is 1. The van der Waals surface area contributed by atoms with E-state index < -0.39 is 6.09 Å². The average Bonchev–Trinajstić information content (AvgIpc) is 2.04.